The van der Waals surface area contributed by atoms with Gasteiger partial charge in [0, 0.05) is 23.4 Å². The average Bonchev–Trinajstić information content (AvgIpc) is 2.57. The molecule has 0 aromatic carbocycles. The van der Waals surface area contributed by atoms with Gasteiger partial charge in [-0.3, -0.25) is 9.59 Å². The van der Waals surface area contributed by atoms with E-state index in [-0.39, 0.29) is 12.3 Å². The summed E-state index contributed by atoms with van der Waals surface area (Å²) in [5, 5.41) is 7.42. The van der Waals surface area contributed by atoms with Crippen LogP contribution in [0.25, 0.3) is 0 Å². The molecular weight excluding hydrogens is 192 g/mol. The van der Waals surface area contributed by atoms with E-state index in [1.165, 1.54) is 0 Å². The van der Waals surface area contributed by atoms with E-state index in [4.69, 9.17) is 14.0 Å². The van der Waals surface area contributed by atoms with Gasteiger partial charge in [0.2, 0.25) is 0 Å². The molecular formula is C12H22O3. The lowest BCUT2D eigenvalue weighted by Crippen LogP contribution is -2.05. The van der Waals surface area contributed by atoms with Crippen molar-refractivity contribution in [3.63, 3.8) is 0 Å². The average molecular weight is 217 g/mol. The van der Waals surface area contributed by atoms with Crippen LogP contribution >= 0.6 is 0 Å². The predicted molar refractivity (Wildman–Crippen MR) is 59.8 cm³/mol. The zero-order valence-electron chi connectivity index (χ0n) is 12.3. The number of carbonyl (C=O) groups excluding carboxylic acids is 1. The molecule has 0 aromatic heterocycles. The van der Waals surface area contributed by atoms with Crippen LogP contribution in [0, 0.1) is 5.92 Å². The molecule has 1 rings (SSSR count). The summed E-state index contributed by atoms with van der Waals surface area (Å²) in [4.78, 5) is 20.3. The quantitative estimate of drug-likeness (QED) is 0.736. The first-order valence-electron chi connectivity index (χ1n) is 6.94. The van der Waals surface area contributed by atoms with Gasteiger partial charge in [-0.1, -0.05) is 26.1 Å². The number of carboxylic acid groups (broad SMARTS) is 1. The van der Waals surface area contributed by atoms with Gasteiger partial charge in [-0.25, -0.2) is 0 Å². The van der Waals surface area contributed by atoms with Crippen molar-refractivity contribution in [1.82, 2.24) is 0 Å². The highest BCUT2D eigenvalue weighted by molar-refractivity contribution is 5.82. The molecule has 3 nitrogen and oxygen atoms in total. The van der Waals surface area contributed by atoms with Crippen molar-refractivity contribution in [2.24, 2.45) is 5.92 Å². The Bertz CT molecular complexity index is 270. The molecule has 3 heteroatoms. The molecule has 1 N–H and O–H groups in total. The molecule has 0 radical (unpaired) electrons. The zero-order valence-corrected chi connectivity index (χ0v) is 9.29. The third-order valence-electron chi connectivity index (χ3n) is 2.41. The van der Waals surface area contributed by atoms with Crippen LogP contribution in [0.15, 0.2) is 0 Å². The molecule has 88 valence electrons. The lowest BCUT2D eigenvalue weighted by Gasteiger charge is -2.05. The highest BCUT2D eigenvalue weighted by atomic mass is 16.4. The number of Topliss-reactive ketones (excluding diaryl/α,β-unsaturated/α-hetero) is 1. The van der Waals surface area contributed by atoms with E-state index in [9.17, 15) is 4.79 Å². The molecule has 0 aromatic rings. The molecule has 1 aliphatic carbocycles. The van der Waals surface area contributed by atoms with Crippen LogP contribution in [-0.4, -0.2) is 16.9 Å². The molecule has 0 heterocycles. The SMILES string of the molecule is CC(=O)O.[2H]C([2H])([2H])CCCC[C@H]1CCCC1=O. The molecule has 0 amide bonds. The van der Waals surface area contributed by atoms with Gasteiger partial charge >= 0.3 is 0 Å². The van der Waals surface area contributed by atoms with Crippen molar-refractivity contribution < 1.29 is 18.8 Å². The molecule has 0 bridgehead atoms. The number of carbonyl (C=O) groups is 2. The first kappa shape index (κ1) is 9.37. The number of rotatable bonds is 4. The van der Waals surface area contributed by atoms with E-state index in [0.29, 0.717) is 5.78 Å². The Morgan fingerprint density at radius 2 is 2.27 bits per heavy atom. The van der Waals surface area contributed by atoms with Crippen LogP contribution in [0.5, 0.6) is 0 Å². The highest BCUT2D eigenvalue weighted by Gasteiger charge is 2.22. The number of unbranched alkanes of at least 4 members (excludes halogenated alkanes) is 1. The summed E-state index contributed by atoms with van der Waals surface area (Å²) in [6.45, 7) is -0.709. The van der Waals surface area contributed by atoms with Gasteiger partial charge in [0.15, 0.2) is 0 Å². The van der Waals surface area contributed by atoms with Crippen molar-refractivity contribution >= 4 is 11.8 Å². The summed E-state index contributed by atoms with van der Waals surface area (Å²) >= 11 is 0. The summed E-state index contributed by atoms with van der Waals surface area (Å²) in [6.07, 6.45) is 5.58. The second-order valence-corrected chi connectivity index (χ2v) is 3.82. The van der Waals surface area contributed by atoms with E-state index in [1.54, 1.807) is 0 Å². The second-order valence-electron chi connectivity index (χ2n) is 3.82. The number of carboxylic acids is 1. The van der Waals surface area contributed by atoms with Crippen molar-refractivity contribution in [2.45, 2.75) is 58.7 Å². The van der Waals surface area contributed by atoms with Gasteiger partial charge in [0.05, 0.1) is 0 Å². The van der Waals surface area contributed by atoms with Crippen LogP contribution in [-0.2, 0) is 9.59 Å². The lowest BCUT2D eigenvalue weighted by molar-refractivity contribution is -0.134. The maximum atomic E-state index is 11.3. The minimum atomic E-state index is -1.79. The predicted octanol–water partition coefficient (Wildman–Crippen LogP) is 3.03. The second kappa shape index (κ2) is 8.45. The summed E-state index contributed by atoms with van der Waals surface area (Å²) in [6, 6.07) is 0. The third kappa shape index (κ3) is 8.16. The Kier molecular flexibility index (Phi) is 5.28. The Morgan fingerprint density at radius 1 is 1.60 bits per heavy atom. The first-order valence-corrected chi connectivity index (χ1v) is 5.44. The van der Waals surface area contributed by atoms with Gasteiger partial charge in [-0.05, 0) is 19.3 Å². The summed E-state index contributed by atoms with van der Waals surface area (Å²) in [5.41, 5.74) is 0. The Morgan fingerprint density at radius 3 is 2.73 bits per heavy atom. The first-order chi connectivity index (χ1) is 8.22. The Labute approximate surface area is 96.1 Å². The van der Waals surface area contributed by atoms with Crippen molar-refractivity contribution in [2.75, 3.05) is 0 Å². The maximum Gasteiger partial charge on any atom is 0.300 e. The number of hydrogen-bond acceptors (Lipinski definition) is 2. The van der Waals surface area contributed by atoms with Crippen LogP contribution in [0.3, 0.4) is 0 Å². The minimum Gasteiger partial charge on any atom is -0.481 e. The third-order valence-corrected chi connectivity index (χ3v) is 2.41. The summed E-state index contributed by atoms with van der Waals surface area (Å²) in [5.74, 6) is -0.203. The van der Waals surface area contributed by atoms with Crippen LogP contribution in [0.1, 0.15) is 62.8 Å². The molecule has 1 fully saturated rings. The molecule has 0 saturated heterocycles. The topological polar surface area (TPSA) is 54.4 Å². The standard InChI is InChI=1S/C10H18O.C2H4O2/c1-2-3-4-6-9-7-5-8-10(9)11;1-2(3)4/h9H,2-8H2,1H3;1H3,(H,3,4)/t9-;/m0./s1/i1D3;. The van der Waals surface area contributed by atoms with Gasteiger partial charge in [-0.2, -0.15) is 0 Å². The largest absolute Gasteiger partial charge is 0.481 e. The van der Waals surface area contributed by atoms with E-state index >= 15 is 0 Å². The fourth-order valence-corrected chi connectivity index (χ4v) is 1.71. The Balaban J connectivity index is 0.000000631. The smallest absolute Gasteiger partial charge is 0.300 e. The van der Waals surface area contributed by atoms with Crippen molar-refractivity contribution in [1.29, 1.82) is 0 Å². The van der Waals surface area contributed by atoms with Crippen molar-refractivity contribution in [3.05, 3.63) is 0 Å². The maximum absolute atomic E-state index is 11.3. The van der Waals surface area contributed by atoms with Crippen LogP contribution in [0.4, 0.5) is 0 Å². The minimum absolute atomic E-state index is 0.242. The number of hydrogen-bond donors (Lipinski definition) is 1. The van der Waals surface area contributed by atoms with Gasteiger partial charge < -0.3 is 5.11 Å². The highest BCUT2D eigenvalue weighted by Crippen LogP contribution is 2.25. The van der Waals surface area contributed by atoms with Crippen LogP contribution in [0.2, 0.25) is 0 Å². The van der Waals surface area contributed by atoms with E-state index in [1.807, 2.05) is 0 Å². The molecule has 0 unspecified atom stereocenters. The van der Waals surface area contributed by atoms with Gasteiger partial charge in [0.25, 0.3) is 5.97 Å². The van der Waals surface area contributed by atoms with Crippen LogP contribution < -0.4 is 0 Å². The molecule has 1 saturated carbocycles. The van der Waals surface area contributed by atoms with E-state index < -0.39 is 12.8 Å². The molecule has 0 aliphatic heterocycles. The van der Waals surface area contributed by atoms with Gasteiger partial charge in [0.1, 0.15) is 5.78 Å². The zero-order chi connectivity index (χ0) is 14.2. The molecule has 15 heavy (non-hydrogen) atoms. The number of ketones is 1. The normalized spacial score (nSPS) is 23.4. The van der Waals surface area contributed by atoms with Crippen molar-refractivity contribution in [3.8, 4) is 0 Å². The number of aliphatic carboxylic acids is 1. The lowest BCUT2D eigenvalue weighted by atomic mass is 9.99. The van der Waals surface area contributed by atoms with E-state index in [2.05, 4.69) is 0 Å². The summed E-state index contributed by atoms with van der Waals surface area (Å²) in [7, 11) is 0. The monoisotopic (exact) mass is 217 g/mol. The molecule has 1 aliphatic rings. The molecule has 0 spiro atoms. The Hall–Kier alpha value is -0.860. The summed E-state index contributed by atoms with van der Waals surface area (Å²) < 4.78 is 21.1. The van der Waals surface area contributed by atoms with Gasteiger partial charge in [-0.15, -0.1) is 0 Å². The fourth-order valence-electron chi connectivity index (χ4n) is 1.71. The fraction of sp³-hybridized carbons (Fsp3) is 0.833. The van der Waals surface area contributed by atoms with E-state index in [0.717, 1.165) is 45.4 Å². The molecule has 1 atom stereocenters.